The Labute approximate surface area is 128 Å². The predicted octanol–water partition coefficient (Wildman–Crippen LogP) is 4.40. The molecule has 0 bridgehead atoms. The van der Waals surface area contributed by atoms with Crippen molar-refractivity contribution in [2.24, 2.45) is 0 Å². The summed E-state index contributed by atoms with van der Waals surface area (Å²) in [5, 5.41) is 15.6. The van der Waals surface area contributed by atoms with Gasteiger partial charge in [0.15, 0.2) is 0 Å². The van der Waals surface area contributed by atoms with Crippen molar-refractivity contribution in [1.29, 1.82) is 0 Å². The summed E-state index contributed by atoms with van der Waals surface area (Å²) in [6, 6.07) is 25.4. The number of nitrogens with zero attached hydrogens (tertiary/aromatic N) is 2. The zero-order chi connectivity index (χ0) is 14.9. The Morgan fingerprint density at radius 2 is 1.45 bits per heavy atom. The van der Waals surface area contributed by atoms with Gasteiger partial charge in [-0.25, -0.2) is 4.68 Å². The van der Waals surface area contributed by atoms with Crippen LogP contribution in [0.4, 0.5) is 0 Å². The molecule has 3 aromatic carbocycles. The normalized spacial score (nSPS) is 10.9. The number of benzene rings is 3. The lowest BCUT2D eigenvalue weighted by atomic mass is 10.1. The van der Waals surface area contributed by atoms with Crippen molar-refractivity contribution in [3.05, 3.63) is 78.9 Å². The van der Waals surface area contributed by atoms with Crippen LogP contribution in [0.2, 0.25) is 0 Å². The summed E-state index contributed by atoms with van der Waals surface area (Å²) >= 11 is 0. The van der Waals surface area contributed by atoms with Gasteiger partial charge in [0, 0.05) is 10.9 Å². The average molecular weight is 286 g/mol. The van der Waals surface area contributed by atoms with Crippen LogP contribution in [0.15, 0.2) is 78.9 Å². The lowest BCUT2D eigenvalue weighted by Gasteiger charge is -2.02. The highest BCUT2D eigenvalue weighted by Gasteiger charge is 2.13. The summed E-state index contributed by atoms with van der Waals surface area (Å²) in [6.45, 7) is 0. The van der Waals surface area contributed by atoms with Crippen LogP contribution in [0.3, 0.4) is 0 Å². The highest BCUT2D eigenvalue weighted by molar-refractivity contribution is 5.95. The Morgan fingerprint density at radius 3 is 2.18 bits per heavy atom. The first kappa shape index (κ1) is 12.7. The van der Waals surface area contributed by atoms with Gasteiger partial charge in [0.1, 0.15) is 11.4 Å². The van der Waals surface area contributed by atoms with Gasteiger partial charge in [-0.15, -0.1) is 0 Å². The second-order valence-corrected chi connectivity index (χ2v) is 5.16. The van der Waals surface area contributed by atoms with Crippen LogP contribution < -0.4 is 0 Å². The maximum atomic E-state index is 9.84. The first-order chi connectivity index (χ1) is 10.8. The highest BCUT2D eigenvalue weighted by atomic mass is 16.3. The molecule has 4 aromatic rings. The smallest absolute Gasteiger partial charge is 0.116 e. The quantitative estimate of drug-likeness (QED) is 0.593. The highest BCUT2D eigenvalue weighted by Crippen LogP contribution is 2.31. The molecule has 0 atom stereocenters. The third-order valence-corrected chi connectivity index (χ3v) is 3.71. The van der Waals surface area contributed by atoms with E-state index in [1.807, 2.05) is 71.4 Å². The van der Waals surface area contributed by atoms with Crippen LogP contribution in [0.1, 0.15) is 0 Å². The molecule has 0 radical (unpaired) electrons. The number of hydrogen-bond acceptors (Lipinski definition) is 2. The summed E-state index contributed by atoms with van der Waals surface area (Å²) in [6.07, 6.45) is 0. The van der Waals surface area contributed by atoms with Crippen molar-refractivity contribution in [2.45, 2.75) is 0 Å². The number of aromatic nitrogens is 2. The molecule has 22 heavy (non-hydrogen) atoms. The predicted molar refractivity (Wildman–Crippen MR) is 88.2 cm³/mol. The Hall–Kier alpha value is -3.07. The number of para-hydroxylation sites is 1. The fourth-order valence-corrected chi connectivity index (χ4v) is 2.68. The number of phenols is 1. The van der Waals surface area contributed by atoms with Crippen molar-refractivity contribution in [2.75, 3.05) is 0 Å². The molecule has 1 heterocycles. The summed E-state index contributed by atoms with van der Waals surface area (Å²) in [5.74, 6) is 0.247. The van der Waals surface area contributed by atoms with Crippen LogP contribution in [0, 0.1) is 0 Å². The molecule has 106 valence electrons. The third kappa shape index (κ3) is 2.04. The summed E-state index contributed by atoms with van der Waals surface area (Å²) in [4.78, 5) is 0. The van der Waals surface area contributed by atoms with Crippen molar-refractivity contribution in [3.63, 3.8) is 0 Å². The van der Waals surface area contributed by atoms with Crippen LogP contribution in [-0.2, 0) is 0 Å². The second kappa shape index (κ2) is 5.04. The summed E-state index contributed by atoms with van der Waals surface area (Å²) in [5.41, 5.74) is 3.88. The average Bonchev–Trinajstić information content (AvgIpc) is 2.95. The Bertz CT molecular complexity index is 928. The van der Waals surface area contributed by atoms with Gasteiger partial charge in [-0.3, -0.25) is 0 Å². The number of phenolic OH excluding ortho intramolecular Hbond substituents is 1. The summed E-state index contributed by atoms with van der Waals surface area (Å²) in [7, 11) is 0. The minimum Gasteiger partial charge on any atom is -0.508 e. The van der Waals surface area contributed by atoms with Crippen molar-refractivity contribution < 1.29 is 5.11 Å². The molecule has 0 aliphatic heterocycles. The summed E-state index contributed by atoms with van der Waals surface area (Å²) < 4.78 is 1.91. The topological polar surface area (TPSA) is 38.1 Å². The van der Waals surface area contributed by atoms with E-state index in [0.717, 1.165) is 27.8 Å². The third-order valence-electron chi connectivity index (χ3n) is 3.71. The van der Waals surface area contributed by atoms with E-state index in [0.29, 0.717) is 0 Å². The molecule has 3 heteroatoms. The van der Waals surface area contributed by atoms with E-state index in [1.165, 1.54) is 0 Å². The van der Waals surface area contributed by atoms with Crippen LogP contribution in [0.25, 0.3) is 27.8 Å². The maximum absolute atomic E-state index is 9.84. The molecule has 0 fully saturated rings. The number of aromatic hydroxyl groups is 1. The molecule has 0 aliphatic carbocycles. The molecule has 0 unspecified atom stereocenters. The Balaban J connectivity index is 2.04. The second-order valence-electron chi connectivity index (χ2n) is 5.16. The molecule has 0 spiro atoms. The number of rotatable bonds is 2. The van der Waals surface area contributed by atoms with Crippen molar-refractivity contribution >= 4 is 10.9 Å². The molecule has 0 aliphatic rings. The van der Waals surface area contributed by atoms with Gasteiger partial charge in [-0.05, 0) is 30.3 Å². The van der Waals surface area contributed by atoms with Gasteiger partial charge in [0.2, 0.25) is 0 Å². The van der Waals surface area contributed by atoms with Crippen LogP contribution in [0.5, 0.6) is 5.75 Å². The largest absolute Gasteiger partial charge is 0.508 e. The fraction of sp³-hybridized carbons (Fsp3) is 0. The maximum Gasteiger partial charge on any atom is 0.116 e. The molecule has 0 saturated carbocycles. The van der Waals surface area contributed by atoms with Gasteiger partial charge in [-0.2, -0.15) is 5.10 Å². The minimum absolute atomic E-state index is 0.247. The standard InChI is InChI=1S/C19H14N2O/c22-16-11-12-18-17(13-16)19(14-7-3-1-4-8-14)20-21(18)15-9-5-2-6-10-15/h1-13,22H. The van der Waals surface area contributed by atoms with Gasteiger partial charge >= 0.3 is 0 Å². The van der Waals surface area contributed by atoms with E-state index in [-0.39, 0.29) is 5.75 Å². The van der Waals surface area contributed by atoms with E-state index < -0.39 is 0 Å². The van der Waals surface area contributed by atoms with Crippen molar-refractivity contribution in [3.8, 4) is 22.7 Å². The van der Waals surface area contributed by atoms with Gasteiger partial charge < -0.3 is 5.11 Å². The Kier molecular flexibility index (Phi) is 2.90. The molecule has 0 saturated heterocycles. The van der Waals surface area contributed by atoms with Crippen LogP contribution in [-0.4, -0.2) is 14.9 Å². The fourth-order valence-electron chi connectivity index (χ4n) is 2.68. The lowest BCUT2D eigenvalue weighted by molar-refractivity contribution is 0.476. The van der Waals surface area contributed by atoms with Crippen molar-refractivity contribution in [1.82, 2.24) is 9.78 Å². The molecule has 0 amide bonds. The van der Waals surface area contributed by atoms with E-state index in [2.05, 4.69) is 0 Å². The molecule has 4 rings (SSSR count). The SMILES string of the molecule is Oc1ccc2c(c1)c(-c1ccccc1)nn2-c1ccccc1. The molecular weight excluding hydrogens is 272 g/mol. The number of fused-ring (bicyclic) bond motifs is 1. The molecule has 3 nitrogen and oxygen atoms in total. The van der Waals surface area contributed by atoms with E-state index in [9.17, 15) is 5.11 Å². The zero-order valence-corrected chi connectivity index (χ0v) is 11.8. The first-order valence-corrected chi connectivity index (χ1v) is 7.15. The van der Waals surface area contributed by atoms with Gasteiger partial charge in [-0.1, -0.05) is 48.5 Å². The molecule has 1 aromatic heterocycles. The Morgan fingerprint density at radius 1 is 0.773 bits per heavy atom. The minimum atomic E-state index is 0.247. The van der Waals surface area contributed by atoms with E-state index in [4.69, 9.17) is 5.10 Å². The van der Waals surface area contributed by atoms with Gasteiger partial charge in [0.05, 0.1) is 11.2 Å². The molecule has 1 N–H and O–H groups in total. The first-order valence-electron chi connectivity index (χ1n) is 7.15. The van der Waals surface area contributed by atoms with Crippen LogP contribution >= 0.6 is 0 Å². The monoisotopic (exact) mass is 286 g/mol. The van der Waals surface area contributed by atoms with Gasteiger partial charge in [0.25, 0.3) is 0 Å². The lowest BCUT2D eigenvalue weighted by Crippen LogP contribution is -1.95. The zero-order valence-electron chi connectivity index (χ0n) is 11.8. The van der Waals surface area contributed by atoms with E-state index in [1.54, 1.807) is 12.1 Å². The number of hydrogen-bond donors (Lipinski definition) is 1. The van der Waals surface area contributed by atoms with E-state index >= 15 is 0 Å². The molecular formula is C19H14N2O.